The summed E-state index contributed by atoms with van der Waals surface area (Å²) >= 11 is 0. The normalized spacial score (nSPS) is 10.8. The number of ether oxygens (including phenoxy) is 3. The predicted octanol–water partition coefficient (Wildman–Crippen LogP) is 4.80. The molecule has 0 radical (unpaired) electrons. The molecule has 184 valence electrons. The first kappa shape index (κ1) is 26.4. The van der Waals surface area contributed by atoms with Crippen LogP contribution in [0, 0.1) is 0 Å². The third-order valence-corrected chi connectivity index (χ3v) is 5.50. The Hall–Kier alpha value is -2.84. The summed E-state index contributed by atoms with van der Waals surface area (Å²) in [5.74, 6) is 1.55. The summed E-state index contributed by atoms with van der Waals surface area (Å²) in [4.78, 5) is 14.1. The number of aromatic nitrogens is 4. The molecule has 1 amide bonds. The molecule has 0 saturated carbocycles. The van der Waals surface area contributed by atoms with Crippen LogP contribution in [-0.2, 0) is 17.8 Å². The summed E-state index contributed by atoms with van der Waals surface area (Å²) in [6, 6.07) is 3.36. The van der Waals surface area contributed by atoms with E-state index in [1.54, 1.807) is 24.0 Å². The summed E-state index contributed by atoms with van der Waals surface area (Å²) in [5.41, 5.74) is 0.434. The zero-order chi connectivity index (χ0) is 23.9. The second-order valence-corrected chi connectivity index (χ2v) is 8.12. The number of amides is 1. The van der Waals surface area contributed by atoms with Gasteiger partial charge in [-0.15, -0.1) is 10.2 Å². The number of anilines is 1. The highest BCUT2D eigenvalue weighted by molar-refractivity contribution is 5.95. The summed E-state index contributed by atoms with van der Waals surface area (Å²) in [7, 11) is 4.59. The number of hydrogen-bond donors (Lipinski definition) is 1. The molecule has 1 N–H and O–H groups in total. The van der Waals surface area contributed by atoms with Gasteiger partial charge >= 0.3 is 0 Å². The van der Waals surface area contributed by atoms with Crippen LogP contribution in [0.2, 0.25) is 0 Å². The molecule has 9 heteroatoms. The number of methoxy groups -OCH3 is 3. The summed E-state index contributed by atoms with van der Waals surface area (Å²) in [6.45, 7) is 2.96. The Labute approximate surface area is 197 Å². The predicted molar refractivity (Wildman–Crippen MR) is 128 cm³/mol. The van der Waals surface area contributed by atoms with Gasteiger partial charge in [0, 0.05) is 12.1 Å². The molecule has 0 atom stereocenters. The summed E-state index contributed by atoms with van der Waals surface area (Å²) < 4.78 is 16.0. The Kier molecular flexibility index (Phi) is 12.1. The summed E-state index contributed by atoms with van der Waals surface area (Å²) in [6.07, 6.45) is 12.8. The lowest BCUT2D eigenvalue weighted by Gasteiger charge is -2.15. The van der Waals surface area contributed by atoms with Crippen LogP contribution >= 0.6 is 0 Å². The number of aryl methyl sites for hydroxylation is 1. The van der Waals surface area contributed by atoms with Crippen LogP contribution in [0.4, 0.5) is 5.69 Å². The monoisotopic (exact) mass is 461 g/mol. The molecule has 0 aliphatic rings. The zero-order valence-electron chi connectivity index (χ0n) is 20.6. The highest BCUT2D eigenvalue weighted by atomic mass is 16.5. The molecule has 9 nitrogen and oxygen atoms in total. The lowest BCUT2D eigenvalue weighted by atomic mass is 10.1. The standard InChI is InChI=1S/C24H39N5O4/c1-5-6-7-8-9-10-11-12-13-14-15-29-27-22(26-28-29)18-23(30)25-24-20(32-3)16-19(31-2)17-21(24)33-4/h16-17H,5-15,18H2,1-4H3,(H,25,30). The van der Waals surface area contributed by atoms with E-state index in [1.165, 1.54) is 65.6 Å². The van der Waals surface area contributed by atoms with Gasteiger partial charge in [0.2, 0.25) is 5.91 Å². The fourth-order valence-electron chi connectivity index (χ4n) is 3.64. The molecule has 2 rings (SSSR count). The fourth-order valence-corrected chi connectivity index (χ4v) is 3.64. The SMILES string of the molecule is CCCCCCCCCCCCn1nnc(CC(=O)Nc2c(OC)cc(OC)cc2OC)n1. The van der Waals surface area contributed by atoms with E-state index >= 15 is 0 Å². The Morgan fingerprint density at radius 3 is 2.00 bits per heavy atom. The Morgan fingerprint density at radius 1 is 0.879 bits per heavy atom. The number of carbonyl (C=O) groups is 1. The third kappa shape index (κ3) is 9.27. The maximum atomic E-state index is 12.6. The van der Waals surface area contributed by atoms with Crippen LogP contribution < -0.4 is 19.5 Å². The maximum Gasteiger partial charge on any atom is 0.232 e. The van der Waals surface area contributed by atoms with Crippen molar-refractivity contribution in [2.24, 2.45) is 0 Å². The topological polar surface area (TPSA) is 100 Å². The van der Waals surface area contributed by atoms with Crippen molar-refractivity contribution in [3.05, 3.63) is 18.0 Å². The lowest BCUT2D eigenvalue weighted by molar-refractivity contribution is -0.115. The van der Waals surface area contributed by atoms with Gasteiger partial charge in [-0.25, -0.2) is 0 Å². The smallest absolute Gasteiger partial charge is 0.232 e. The summed E-state index contributed by atoms with van der Waals surface area (Å²) in [5, 5.41) is 15.2. The van der Waals surface area contributed by atoms with Gasteiger partial charge in [-0.3, -0.25) is 4.79 Å². The van der Waals surface area contributed by atoms with Gasteiger partial charge in [0.15, 0.2) is 5.82 Å². The molecule has 2 aromatic rings. The minimum Gasteiger partial charge on any atom is -0.496 e. The largest absolute Gasteiger partial charge is 0.496 e. The van der Waals surface area contributed by atoms with Crippen LogP contribution in [0.15, 0.2) is 12.1 Å². The van der Waals surface area contributed by atoms with Crippen molar-refractivity contribution in [1.29, 1.82) is 0 Å². The number of rotatable bonds is 17. The van der Waals surface area contributed by atoms with Crippen molar-refractivity contribution >= 4 is 11.6 Å². The zero-order valence-corrected chi connectivity index (χ0v) is 20.6. The third-order valence-electron chi connectivity index (χ3n) is 5.50. The van der Waals surface area contributed by atoms with E-state index in [2.05, 4.69) is 27.7 Å². The van der Waals surface area contributed by atoms with Crippen molar-refractivity contribution < 1.29 is 19.0 Å². The molecule has 0 saturated heterocycles. The van der Waals surface area contributed by atoms with Gasteiger partial charge in [0.25, 0.3) is 0 Å². The first-order chi connectivity index (χ1) is 16.1. The lowest BCUT2D eigenvalue weighted by Crippen LogP contribution is -2.17. The molecule has 1 heterocycles. The molecule has 0 unspecified atom stereocenters. The number of nitrogens with one attached hydrogen (secondary N) is 1. The van der Waals surface area contributed by atoms with Crippen LogP contribution in [0.3, 0.4) is 0 Å². The molecule has 1 aromatic heterocycles. The second kappa shape index (κ2) is 15.1. The molecular weight excluding hydrogens is 422 g/mol. The quantitative estimate of drug-likeness (QED) is 0.338. The Morgan fingerprint density at radius 2 is 1.45 bits per heavy atom. The van der Waals surface area contributed by atoms with Crippen molar-refractivity contribution in [3.8, 4) is 17.2 Å². The highest BCUT2D eigenvalue weighted by Gasteiger charge is 2.17. The molecule has 33 heavy (non-hydrogen) atoms. The first-order valence-electron chi connectivity index (χ1n) is 12.0. The molecule has 0 bridgehead atoms. The number of carbonyl (C=O) groups excluding carboxylic acids is 1. The van der Waals surface area contributed by atoms with Gasteiger partial charge in [0.1, 0.15) is 22.9 Å². The maximum absolute atomic E-state index is 12.6. The van der Waals surface area contributed by atoms with Gasteiger partial charge in [-0.05, 0) is 11.6 Å². The average Bonchev–Trinajstić information content (AvgIpc) is 3.27. The van der Waals surface area contributed by atoms with E-state index in [-0.39, 0.29) is 12.3 Å². The molecule has 1 aromatic carbocycles. The number of benzene rings is 1. The van der Waals surface area contributed by atoms with Crippen LogP contribution in [0.25, 0.3) is 0 Å². The minimum atomic E-state index is -0.282. The van der Waals surface area contributed by atoms with Gasteiger partial charge in [0.05, 0.1) is 34.3 Å². The molecule has 0 aliphatic carbocycles. The number of nitrogens with zero attached hydrogens (tertiary/aromatic N) is 4. The number of unbranched alkanes of at least 4 members (excludes halogenated alkanes) is 9. The second-order valence-electron chi connectivity index (χ2n) is 8.12. The molecular formula is C24H39N5O4. The van der Waals surface area contributed by atoms with Crippen molar-refractivity contribution in [3.63, 3.8) is 0 Å². The Bertz CT molecular complexity index is 815. The Balaban J connectivity index is 1.73. The number of hydrogen-bond acceptors (Lipinski definition) is 7. The highest BCUT2D eigenvalue weighted by Crippen LogP contribution is 2.38. The van der Waals surface area contributed by atoms with E-state index in [0.29, 0.717) is 35.3 Å². The molecule has 0 fully saturated rings. The van der Waals surface area contributed by atoms with Crippen LogP contribution in [0.5, 0.6) is 17.2 Å². The van der Waals surface area contributed by atoms with Crippen LogP contribution in [0.1, 0.15) is 77.0 Å². The van der Waals surface area contributed by atoms with E-state index in [0.717, 1.165) is 12.8 Å². The van der Waals surface area contributed by atoms with Crippen LogP contribution in [-0.4, -0.2) is 47.4 Å². The van der Waals surface area contributed by atoms with E-state index in [1.807, 2.05) is 0 Å². The van der Waals surface area contributed by atoms with Gasteiger partial charge in [-0.1, -0.05) is 64.7 Å². The van der Waals surface area contributed by atoms with Crippen molar-refractivity contribution in [1.82, 2.24) is 20.2 Å². The first-order valence-corrected chi connectivity index (χ1v) is 12.0. The number of tetrazole rings is 1. The van der Waals surface area contributed by atoms with E-state index in [4.69, 9.17) is 14.2 Å². The van der Waals surface area contributed by atoms with Crippen molar-refractivity contribution in [2.45, 2.75) is 84.1 Å². The average molecular weight is 462 g/mol. The van der Waals surface area contributed by atoms with E-state index < -0.39 is 0 Å². The fraction of sp³-hybridized carbons (Fsp3) is 0.667. The van der Waals surface area contributed by atoms with Gasteiger partial charge < -0.3 is 19.5 Å². The van der Waals surface area contributed by atoms with Crippen molar-refractivity contribution in [2.75, 3.05) is 26.6 Å². The van der Waals surface area contributed by atoms with E-state index in [9.17, 15) is 4.79 Å². The minimum absolute atomic E-state index is 0.0103. The molecule has 0 aliphatic heterocycles. The van der Waals surface area contributed by atoms with Gasteiger partial charge in [-0.2, -0.15) is 4.80 Å². The molecule has 0 spiro atoms.